The smallest absolute Gasteiger partial charge is 0.325 e. The highest BCUT2D eigenvalue weighted by Gasteiger charge is 2.36. The van der Waals surface area contributed by atoms with Crippen molar-refractivity contribution in [3.8, 4) is 0 Å². The molecule has 1 aliphatic heterocycles. The Hall–Kier alpha value is -1.48. The number of carbonyl (C=O) groups excluding carboxylic acids is 1. The molecule has 1 aromatic heterocycles. The minimum atomic E-state index is -3.94. The molecule has 116 valence electrons. The van der Waals surface area contributed by atoms with E-state index in [0.29, 0.717) is 0 Å². The zero-order valence-electron chi connectivity index (χ0n) is 10.9. The number of nitrogens with zero attached hydrogens (tertiary/aromatic N) is 2. The number of halogens is 3. The van der Waals surface area contributed by atoms with Crippen molar-refractivity contribution in [3.63, 3.8) is 0 Å². The van der Waals surface area contributed by atoms with Crippen molar-refractivity contribution in [2.24, 2.45) is 0 Å². The second kappa shape index (κ2) is 5.72. The Balaban J connectivity index is 2.54. The molecular weight excluding hydrogens is 330 g/mol. The van der Waals surface area contributed by atoms with Crippen LogP contribution < -0.4 is 4.90 Å². The van der Waals surface area contributed by atoms with E-state index < -0.39 is 49.1 Å². The predicted octanol–water partition coefficient (Wildman–Crippen LogP) is 1.17. The molecule has 0 N–H and O–H groups in total. The van der Waals surface area contributed by atoms with Gasteiger partial charge in [-0.2, -0.15) is 13.8 Å². The summed E-state index contributed by atoms with van der Waals surface area (Å²) in [4.78, 5) is 14.9. The van der Waals surface area contributed by atoms with E-state index in [9.17, 15) is 22.0 Å². The summed E-state index contributed by atoms with van der Waals surface area (Å²) in [7, 11) is -3.94. The second-order valence-corrected chi connectivity index (χ2v) is 6.65. The lowest BCUT2D eigenvalue weighted by molar-refractivity contribution is -0.141. The van der Waals surface area contributed by atoms with E-state index in [0.717, 1.165) is 4.90 Å². The molecule has 0 spiro atoms. The summed E-state index contributed by atoms with van der Waals surface area (Å²) in [5, 5.41) is -0.778. The summed E-state index contributed by atoms with van der Waals surface area (Å²) in [5.41, 5.74) is -0.499. The van der Waals surface area contributed by atoms with E-state index >= 15 is 0 Å². The van der Waals surface area contributed by atoms with E-state index in [2.05, 4.69) is 4.98 Å². The molecule has 0 fully saturated rings. The number of anilines is 1. The average Bonchev–Trinajstić information content (AvgIpc) is 2.38. The van der Waals surface area contributed by atoms with Crippen LogP contribution in [0.2, 0.25) is 5.02 Å². The number of pyridine rings is 1. The van der Waals surface area contributed by atoms with E-state index in [1.165, 1.54) is 0 Å². The molecule has 6 nitrogen and oxygen atoms in total. The van der Waals surface area contributed by atoms with Crippen LogP contribution in [-0.2, 0) is 19.4 Å². The second-order valence-electron chi connectivity index (χ2n) is 4.23. The highest BCUT2D eigenvalue weighted by Crippen LogP contribution is 2.38. The largest absolute Gasteiger partial charge is 0.465 e. The van der Waals surface area contributed by atoms with Crippen molar-refractivity contribution in [1.29, 1.82) is 0 Å². The highest BCUT2D eigenvalue weighted by molar-refractivity contribution is 7.91. The van der Waals surface area contributed by atoms with Gasteiger partial charge in [-0.05, 0) is 6.92 Å². The van der Waals surface area contributed by atoms with Crippen LogP contribution in [0.3, 0.4) is 0 Å². The number of ether oxygens (including phenoxy) is 1. The van der Waals surface area contributed by atoms with Crippen LogP contribution in [-0.4, -0.2) is 44.8 Å². The molecule has 0 aliphatic carbocycles. The monoisotopic (exact) mass is 340 g/mol. The van der Waals surface area contributed by atoms with Crippen molar-refractivity contribution >= 4 is 33.1 Å². The quantitative estimate of drug-likeness (QED) is 0.607. The molecule has 2 rings (SSSR count). The van der Waals surface area contributed by atoms with E-state index in [-0.39, 0.29) is 19.7 Å². The molecule has 0 saturated carbocycles. The SMILES string of the molecule is CCOC(=O)CN1CCS(=O)(=O)c2c(Cl)c(F)nc(F)c21. The fraction of sp³-hybridized carbons (Fsp3) is 0.455. The first-order chi connectivity index (χ1) is 9.77. The molecule has 1 aliphatic rings. The van der Waals surface area contributed by atoms with E-state index in [1.807, 2.05) is 0 Å². The van der Waals surface area contributed by atoms with Crippen LogP contribution in [0.25, 0.3) is 0 Å². The van der Waals surface area contributed by atoms with Gasteiger partial charge >= 0.3 is 5.97 Å². The van der Waals surface area contributed by atoms with E-state index in [1.54, 1.807) is 6.92 Å². The summed E-state index contributed by atoms with van der Waals surface area (Å²) in [6.45, 7) is 1.20. The minimum Gasteiger partial charge on any atom is -0.465 e. The Bertz CT molecular complexity index is 696. The maximum absolute atomic E-state index is 13.9. The summed E-state index contributed by atoms with van der Waals surface area (Å²) in [6.07, 6.45) is 0. The van der Waals surface area contributed by atoms with Gasteiger partial charge in [0.25, 0.3) is 0 Å². The molecule has 0 radical (unpaired) electrons. The number of carbonyl (C=O) groups is 1. The molecule has 21 heavy (non-hydrogen) atoms. The van der Waals surface area contributed by atoms with Crippen molar-refractivity contribution in [2.45, 2.75) is 11.8 Å². The summed E-state index contributed by atoms with van der Waals surface area (Å²) in [6, 6.07) is 0. The normalized spacial score (nSPS) is 16.5. The molecule has 0 aromatic carbocycles. The Morgan fingerprint density at radius 1 is 1.43 bits per heavy atom. The molecule has 0 saturated heterocycles. The molecule has 0 atom stereocenters. The number of aromatic nitrogens is 1. The van der Waals surface area contributed by atoms with Gasteiger partial charge in [-0.25, -0.2) is 8.42 Å². The van der Waals surface area contributed by atoms with Gasteiger partial charge in [0.15, 0.2) is 9.84 Å². The number of hydrogen-bond acceptors (Lipinski definition) is 6. The maximum atomic E-state index is 13.9. The third kappa shape index (κ3) is 2.93. The lowest BCUT2D eigenvalue weighted by Gasteiger charge is -2.30. The number of rotatable bonds is 3. The number of esters is 1. The van der Waals surface area contributed by atoms with Gasteiger partial charge in [0.2, 0.25) is 11.9 Å². The van der Waals surface area contributed by atoms with Gasteiger partial charge in [-0.15, -0.1) is 0 Å². The Kier molecular flexibility index (Phi) is 4.33. The topological polar surface area (TPSA) is 76.6 Å². The van der Waals surface area contributed by atoms with Gasteiger partial charge in [-0.1, -0.05) is 11.6 Å². The molecule has 2 heterocycles. The van der Waals surface area contributed by atoms with Crippen molar-refractivity contribution in [2.75, 3.05) is 30.3 Å². The van der Waals surface area contributed by atoms with Crippen LogP contribution in [0, 0.1) is 11.9 Å². The molecule has 0 bridgehead atoms. The Morgan fingerprint density at radius 3 is 2.71 bits per heavy atom. The lowest BCUT2D eigenvalue weighted by Crippen LogP contribution is -2.40. The Morgan fingerprint density at radius 2 is 2.10 bits per heavy atom. The average molecular weight is 341 g/mol. The molecule has 0 amide bonds. The zero-order chi connectivity index (χ0) is 15.8. The third-order valence-corrected chi connectivity index (χ3v) is 5.07. The minimum absolute atomic E-state index is 0.128. The first-order valence-corrected chi connectivity index (χ1v) is 7.98. The molecular formula is C11H11ClF2N2O4S. The number of fused-ring (bicyclic) bond motifs is 1. The van der Waals surface area contributed by atoms with Crippen molar-refractivity contribution in [1.82, 2.24) is 4.98 Å². The maximum Gasteiger partial charge on any atom is 0.325 e. The molecule has 1 aromatic rings. The molecule has 10 heteroatoms. The van der Waals surface area contributed by atoms with Crippen molar-refractivity contribution < 1.29 is 26.7 Å². The van der Waals surface area contributed by atoms with Gasteiger partial charge in [0, 0.05) is 6.54 Å². The summed E-state index contributed by atoms with van der Waals surface area (Å²) < 4.78 is 55.9. The first kappa shape index (κ1) is 15.9. The molecule has 0 unspecified atom stereocenters. The Labute approximate surface area is 124 Å². The standard InChI is InChI=1S/C11H11ClF2N2O4S/c1-2-20-6(17)5-16-3-4-21(18,19)9-7(12)10(13)15-11(14)8(9)16/h2-5H2,1H3. The van der Waals surface area contributed by atoms with Crippen LogP contribution >= 0.6 is 11.6 Å². The zero-order valence-corrected chi connectivity index (χ0v) is 12.5. The highest BCUT2D eigenvalue weighted by atomic mass is 35.5. The fourth-order valence-corrected chi connectivity index (χ4v) is 4.02. The van der Waals surface area contributed by atoms with Gasteiger partial charge in [0.05, 0.1) is 12.4 Å². The van der Waals surface area contributed by atoms with Gasteiger partial charge in [0.1, 0.15) is 22.2 Å². The summed E-state index contributed by atoms with van der Waals surface area (Å²) >= 11 is 5.60. The van der Waals surface area contributed by atoms with Crippen LogP contribution in [0.1, 0.15) is 6.92 Å². The fourth-order valence-electron chi connectivity index (χ4n) is 2.00. The van der Waals surface area contributed by atoms with Crippen LogP contribution in [0.5, 0.6) is 0 Å². The third-order valence-electron chi connectivity index (χ3n) is 2.87. The predicted molar refractivity (Wildman–Crippen MR) is 70.1 cm³/mol. The van der Waals surface area contributed by atoms with Crippen molar-refractivity contribution in [3.05, 3.63) is 16.9 Å². The summed E-state index contributed by atoms with van der Waals surface area (Å²) in [5.74, 6) is -3.82. The van der Waals surface area contributed by atoms with Crippen LogP contribution in [0.15, 0.2) is 4.90 Å². The number of sulfone groups is 1. The van der Waals surface area contributed by atoms with Crippen LogP contribution in [0.4, 0.5) is 14.5 Å². The van der Waals surface area contributed by atoms with E-state index in [4.69, 9.17) is 16.3 Å². The van der Waals surface area contributed by atoms with Gasteiger partial charge in [-0.3, -0.25) is 4.79 Å². The van der Waals surface area contributed by atoms with Gasteiger partial charge < -0.3 is 9.64 Å². The lowest BCUT2D eigenvalue weighted by atomic mass is 10.3. The number of hydrogen-bond donors (Lipinski definition) is 0. The first-order valence-electron chi connectivity index (χ1n) is 5.95.